The Morgan fingerprint density at radius 3 is 1.75 bits per heavy atom. The number of hydrogen-bond donors (Lipinski definition) is 1. The zero-order chi connectivity index (χ0) is 9.61. The van der Waals surface area contributed by atoms with Crippen LogP contribution >= 0.6 is 0 Å². The molecule has 74 valence electrons. The Balaban J connectivity index is 0.000000561. The Hall–Kier alpha value is -0.0800. The third kappa shape index (κ3) is 3.11. The van der Waals surface area contributed by atoms with E-state index in [9.17, 15) is 0 Å². The summed E-state index contributed by atoms with van der Waals surface area (Å²) in [6, 6.07) is 0. The second kappa shape index (κ2) is 5.55. The topological polar surface area (TPSA) is 15.3 Å². The van der Waals surface area contributed by atoms with E-state index in [0.717, 1.165) is 0 Å². The van der Waals surface area contributed by atoms with Gasteiger partial charge in [0.15, 0.2) is 0 Å². The van der Waals surface area contributed by atoms with Gasteiger partial charge in [-0.25, -0.2) is 0 Å². The molecule has 0 spiro atoms. The van der Waals surface area contributed by atoms with Gasteiger partial charge in [-0.1, -0.05) is 13.8 Å². The minimum absolute atomic E-state index is 0.450. The predicted octanol–water partition coefficient (Wildman–Crippen LogP) is 1.72. The van der Waals surface area contributed by atoms with Gasteiger partial charge in [-0.05, 0) is 47.0 Å². The largest absolute Gasteiger partial charge is 0.317 e. The first-order valence-corrected chi connectivity index (χ1v) is 5.03. The van der Waals surface area contributed by atoms with Crippen LogP contribution in [0.2, 0.25) is 0 Å². The lowest BCUT2D eigenvalue weighted by atomic mass is 9.89. The molecule has 0 unspecified atom stereocenters. The Labute approximate surface area is 77.3 Å². The average Bonchev–Trinajstić information content (AvgIpc) is 2.09. The van der Waals surface area contributed by atoms with Gasteiger partial charge in [0.1, 0.15) is 0 Å². The number of piperidine rings is 1. The van der Waals surface area contributed by atoms with Gasteiger partial charge in [0.25, 0.3) is 0 Å². The Morgan fingerprint density at radius 1 is 1.08 bits per heavy atom. The van der Waals surface area contributed by atoms with Gasteiger partial charge in [-0.3, -0.25) is 0 Å². The van der Waals surface area contributed by atoms with Crippen molar-refractivity contribution in [1.82, 2.24) is 10.2 Å². The monoisotopic (exact) mass is 172 g/mol. The fourth-order valence-corrected chi connectivity index (χ4v) is 1.41. The summed E-state index contributed by atoms with van der Waals surface area (Å²) < 4.78 is 0. The summed E-state index contributed by atoms with van der Waals surface area (Å²) in [7, 11) is 4.34. The molecule has 1 fully saturated rings. The number of rotatable bonds is 1. The minimum atomic E-state index is 0.450. The SMILES string of the molecule is CC.CN(C)C1(C)CCNCC1. The highest BCUT2D eigenvalue weighted by Crippen LogP contribution is 2.22. The molecule has 1 N–H and O–H groups in total. The number of nitrogens with zero attached hydrogens (tertiary/aromatic N) is 1. The minimum Gasteiger partial charge on any atom is -0.317 e. The van der Waals surface area contributed by atoms with E-state index in [-0.39, 0.29) is 0 Å². The van der Waals surface area contributed by atoms with Gasteiger partial charge in [-0.2, -0.15) is 0 Å². The Bertz CT molecular complexity index is 104. The molecule has 1 heterocycles. The standard InChI is InChI=1S/C8H18N2.C2H6/c1-8(10(2)3)4-6-9-7-5-8;1-2/h9H,4-7H2,1-3H3;1-2H3. The second-order valence-corrected chi connectivity index (χ2v) is 3.64. The molecular weight excluding hydrogens is 148 g/mol. The summed E-state index contributed by atoms with van der Waals surface area (Å²) in [5.41, 5.74) is 0.450. The average molecular weight is 172 g/mol. The summed E-state index contributed by atoms with van der Waals surface area (Å²) in [5, 5.41) is 3.37. The van der Waals surface area contributed by atoms with Gasteiger partial charge >= 0.3 is 0 Å². The van der Waals surface area contributed by atoms with Crippen LogP contribution in [0, 0.1) is 0 Å². The van der Waals surface area contributed by atoms with Crippen LogP contribution < -0.4 is 5.32 Å². The normalized spacial score (nSPS) is 21.5. The summed E-state index contributed by atoms with van der Waals surface area (Å²) in [4.78, 5) is 2.34. The van der Waals surface area contributed by atoms with Crippen molar-refractivity contribution in [2.45, 2.75) is 39.2 Å². The predicted molar refractivity (Wildman–Crippen MR) is 55.5 cm³/mol. The van der Waals surface area contributed by atoms with Crippen LogP contribution in [0.3, 0.4) is 0 Å². The molecule has 2 heteroatoms. The third-order valence-corrected chi connectivity index (χ3v) is 2.76. The van der Waals surface area contributed by atoms with Crippen molar-refractivity contribution in [3.63, 3.8) is 0 Å². The van der Waals surface area contributed by atoms with E-state index in [1.165, 1.54) is 25.9 Å². The fourth-order valence-electron chi connectivity index (χ4n) is 1.41. The zero-order valence-corrected chi connectivity index (χ0v) is 9.28. The van der Waals surface area contributed by atoms with Crippen molar-refractivity contribution in [2.24, 2.45) is 0 Å². The van der Waals surface area contributed by atoms with E-state index in [1.807, 2.05) is 13.8 Å². The van der Waals surface area contributed by atoms with Gasteiger partial charge in [0.2, 0.25) is 0 Å². The van der Waals surface area contributed by atoms with Crippen LogP contribution in [0.5, 0.6) is 0 Å². The van der Waals surface area contributed by atoms with Gasteiger partial charge in [0, 0.05) is 5.54 Å². The summed E-state index contributed by atoms with van der Waals surface area (Å²) >= 11 is 0. The maximum Gasteiger partial charge on any atom is 0.0199 e. The third-order valence-electron chi connectivity index (χ3n) is 2.76. The van der Waals surface area contributed by atoms with Crippen LogP contribution in [-0.4, -0.2) is 37.6 Å². The van der Waals surface area contributed by atoms with Crippen molar-refractivity contribution in [2.75, 3.05) is 27.2 Å². The van der Waals surface area contributed by atoms with Crippen molar-refractivity contribution in [3.8, 4) is 0 Å². The highest BCUT2D eigenvalue weighted by molar-refractivity contribution is 4.87. The van der Waals surface area contributed by atoms with Crippen molar-refractivity contribution in [3.05, 3.63) is 0 Å². The first-order chi connectivity index (χ1) is 5.65. The molecule has 1 aliphatic heterocycles. The van der Waals surface area contributed by atoms with E-state index in [2.05, 4.69) is 31.2 Å². The zero-order valence-electron chi connectivity index (χ0n) is 9.28. The fraction of sp³-hybridized carbons (Fsp3) is 1.00. The molecule has 0 radical (unpaired) electrons. The lowest BCUT2D eigenvalue weighted by Gasteiger charge is -2.40. The highest BCUT2D eigenvalue weighted by Gasteiger charge is 2.28. The van der Waals surface area contributed by atoms with E-state index < -0.39 is 0 Å². The van der Waals surface area contributed by atoms with Crippen LogP contribution in [0.4, 0.5) is 0 Å². The molecule has 0 aromatic rings. The first kappa shape index (κ1) is 11.9. The van der Waals surface area contributed by atoms with Crippen molar-refractivity contribution >= 4 is 0 Å². The molecule has 1 rings (SSSR count). The van der Waals surface area contributed by atoms with Crippen LogP contribution in [0.15, 0.2) is 0 Å². The summed E-state index contributed by atoms with van der Waals surface area (Å²) in [5.74, 6) is 0. The molecule has 0 bridgehead atoms. The lowest BCUT2D eigenvalue weighted by Crippen LogP contribution is -2.49. The molecule has 0 amide bonds. The molecule has 0 aromatic heterocycles. The van der Waals surface area contributed by atoms with Crippen molar-refractivity contribution in [1.29, 1.82) is 0 Å². The molecule has 1 saturated heterocycles. The van der Waals surface area contributed by atoms with Crippen molar-refractivity contribution < 1.29 is 0 Å². The maximum absolute atomic E-state index is 3.37. The highest BCUT2D eigenvalue weighted by atomic mass is 15.2. The van der Waals surface area contributed by atoms with Crippen LogP contribution in [0.1, 0.15) is 33.6 Å². The smallest absolute Gasteiger partial charge is 0.0199 e. The lowest BCUT2D eigenvalue weighted by molar-refractivity contribution is 0.128. The van der Waals surface area contributed by atoms with Crippen LogP contribution in [0.25, 0.3) is 0 Å². The Kier molecular flexibility index (Phi) is 5.51. The quantitative estimate of drug-likeness (QED) is 0.648. The van der Waals surface area contributed by atoms with E-state index >= 15 is 0 Å². The summed E-state index contributed by atoms with van der Waals surface area (Å²) in [6.45, 7) is 8.69. The van der Waals surface area contributed by atoms with Gasteiger partial charge in [0.05, 0.1) is 0 Å². The summed E-state index contributed by atoms with van der Waals surface area (Å²) in [6.07, 6.45) is 2.56. The maximum atomic E-state index is 3.37. The number of nitrogens with one attached hydrogen (secondary N) is 1. The molecular formula is C10H24N2. The molecule has 0 aliphatic carbocycles. The van der Waals surface area contributed by atoms with Gasteiger partial charge < -0.3 is 10.2 Å². The Morgan fingerprint density at radius 2 is 1.50 bits per heavy atom. The molecule has 0 saturated carbocycles. The number of hydrogen-bond acceptors (Lipinski definition) is 2. The molecule has 2 nitrogen and oxygen atoms in total. The molecule has 0 aromatic carbocycles. The first-order valence-electron chi connectivity index (χ1n) is 5.03. The second-order valence-electron chi connectivity index (χ2n) is 3.64. The van der Waals surface area contributed by atoms with E-state index in [4.69, 9.17) is 0 Å². The molecule has 1 aliphatic rings. The van der Waals surface area contributed by atoms with Gasteiger partial charge in [-0.15, -0.1) is 0 Å². The molecule has 0 atom stereocenters. The van der Waals surface area contributed by atoms with E-state index in [0.29, 0.717) is 5.54 Å². The molecule has 12 heavy (non-hydrogen) atoms. The van der Waals surface area contributed by atoms with E-state index in [1.54, 1.807) is 0 Å². The van der Waals surface area contributed by atoms with Crippen LogP contribution in [-0.2, 0) is 0 Å².